The van der Waals surface area contributed by atoms with E-state index in [9.17, 15) is 0 Å². The van der Waals surface area contributed by atoms with Crippen LogP contribution in [0.2, 0.25) is 0 Å². The number of benzene rings is 1. The lowest BCUT2D eigenvalue weighted by Crippen LogP contribution is -2.23. The van der Waals surface area contributed by atoms with E-state index in [2.05, 4.69) is 64.2 Å². The number of rotatable bonds is 5. The Bertz CT molecular complexity index is 345. The van der Waals surface area contributed by atoms with Gasteiger partial charge in [-0.05, 0) is 48.4 Å². The Labute approximate surface area is 113 Å². The van der Waals surface area contributed by atoms with Crippen molar-refractivity contribution in [2.75, 3.05) is 13.6 Å². The largest absolute Gasteiger partial charge is 0.319 e. The molecule has 1 aromatic rings. The van der Waals surface area contributed by atoms with E-state index in [0.717, 1.165) is 18.4 Å². The van der Waals surface area contributed by atoms with E-state index < -0.39 is 0 Å². The molecule has 0 aromatic heterocycles. The maximum atomic E-state index is 3.26. The molecule has 0 aliphatic carbocycles. The molecule has 2 unspecified atom stereocenters. The zero-order chi connectivity index (χ0) is 13.8. The first-order valence-electron chi connectivity index (χ1n) is 7.08. The van der Waals surface area contributed by atoms with Gasteiger partial charge in [0.25, 0.3) is 0 Å². The average molecular weight is 247 g/mol. The molecule has 0 fully saturated rings. The third kappa shape index (κ3) is 4.45. The van der Waals surface area contributed by atoms with Crippen molar-refractivity contribution in [2.45, 2.75) is 46.5 Å². The van der Waals surface area contributed by atoms with Gasteiger partial charge in [0.15, 0.2) is 0 Å². The molecular weight excluding hydrogens is 218 g/mol. The van der Waals surface area contributed by atoms with E-state index in [1.54, 1.807) is 0 Å². The van der Waals surface area contributed by atoms with E-state index >= 15 is 0 Å². The van der Waals surface area contributed by atoms with Crippen LogP contribution in [0.3, 0.4) is 0 Å². The molecule has 0 aliphatic heterocycles. The van der Waals surface area contributed by atoms with Gasteiger partial charge in [0, 0.05) is 0 Å². The molecule has 1 aromatic carbocycles. The monoisotopic (exact) mass is 247 g/mol. The third-order valence-electron chi connectivity index (χ3n) is 3.88. The second-order valence-electron chi connectivity index (χ2n) is 6.66. The molecule has 1 N–H and O–H groups in total. The molecule has 1 heteroatoms. The lowest BCUT2D eigenvalue weighted by Gasteiger charge is -2.21. The summed E-state index contributed by atoms with van der Waals surface area (Å²) in [6.07, 6.45) is 1.17. The van der Waals surface area contributed by atoms with E-state index in [-0.39, 0.29) is 5.41 Å². The molecule has 18 heavy (non-hydrogen) atoms. The molecule has 102 valence electrons. The molecule has 0 saturated heterocycles. The van der Waals surface area contributed by atoms with E-state index in [1.807, 2.05) is 7.05 Å². The van der Waals surface area contributed by atoms with Gasteiger partial charge < -0.3 is 5.32 Å². The minimum Gasteiger partial charge on any atom is -0.319 e. The highest BCUT2D eigenvalue weighted by molar-refractivity contribution is 5.27. The van der Waals surface area contributed by atoms with Crippen LogP contribution in [0, 0.1) is 11.8 Å². The van der Waals surface area contributed by atoms with Crippen LogP contribution in [0.5, 0.6) is 0 Å². The fourth-order valence-corrected chi connectivity index (χ4v) is 2.24. The molecule has 0 spiro atoms. The predicted molar refractivity (Wildman–Crippen MR) is 81.1 cm³/mol. The van der Waals surface area contributed by atoms with Gasteiger partial charge in [-0.15, -0.1) is 0 Å². The Morgan fingerprint density at radius 3 is 2.00 bits per heavy atom. The molecule has 1 nitrogen and oxygen atoms in total. The average Bonchev–Trinajstić information content (AvgIpc) is 2.28. The number of nitrogens with one attached hydrogen (secondary N) is 1. The summed E-state index contributed by atoms with van der Waals surface area (Å²) in [6, 6.07) is 9.15. The summed E-state index contributed by atoms with van der Waals surface area (Å²) >= 11 is 0. The fraction of sp³-hybridized carbons (Fsp3) is 0.647. The maximum absolute atomic E-state index is 3.26. The molecule has 0 saturated carbocycles. The standard InChI is InChI=1S/C17H29N/c1-13(14(2)12-18-6)11-15-7-9-16(10-8-15)17(3,4)5/h7-10,13-14,18H,11-12H2,1-6H3. The summed E-state index contributed by atoms with van der Waals surface area (Å²) in [5.41, 5.74) is 3.13. The summed E-state index contributed by atoms with van der Waals surface area (Å²) in [6.45, 7) is 12.6. The van der Waals surface area contributed by atoms with Crippen LogP contribution in [0.25, 0.3) is 0 Å². The van der Waals surface area contributed by atoms with Gasteiger partial charge in [-0.25, -0.2) is 0 Å². The predicted octanol–water partition coefficient (Wildman–Crippen LogP) is 4.02. The minimum atomic E-state index is 0.254. The van der Waals surface area contributed by atoms with Gasteiger partial charge in [0.05, 0.1) is 0 Å². The summed E-state index contributed by atoms with van der Waals surface area (Å²) < 4.78 is 0. The molecule has 0 radical (unpaired) electrons. The number of hydrogen-bond acceptors (Lipinski definition) is 1. The zero-order valence-electron chi connectivity index (χ0n) is 12.9. The Kier molecular flexibility index (Phi) is 5.40. The molecule has 2 atom stereocenters. The normalized spacial score (nSPS) is 15.4. The van der Waals surface area contributed by atoms with Crippen LogP contribution in [0.15, 0.2) is 24.3 Å². The zero-order valence-corrected chi connectivity index (χ0v) is 12.9. The van der Waals surface area contributed by atoms with E-state index in [1.165, 1.54) is 17.5 Å². The molecule has 1 rings (SSSR count). The van der Waals surface area contributed by atoms with Gasteiger partial charge in [-0.2, -0.15) is 0 Å². The second kappa shape index (κ2) is 6.38. The van der Waals surface area contributed by atoms with Gasteiger partial charge >= 0.3 is 0 Å². The molecule has 0 aliphatic rings. The van der Waals surface area contributed by atoms with Crippen LogP contribution in [-0.4, -0.2) is 13.6 Å². The summed E-state index contributed by atoms with van der Waals surface area (Å²) in [5.74, 6) is 1.44. The number of hydrogen-bond donors (Lipinski definition) is 1. The van der Waals surface area contributed by atoms with Gasteiger partial charge in [-0.3, -0.25) is 0 Å². The Morgan fingerprint density at radius 2 is 1.56 bits per heavy atom. The van der Waals surface area contributed by atoms with Gasteiger partial charge in [0.2, 0.25) is 0 Å². The van der Waals surface area contributed by atoms with Crippen molar-refractivity contribution in [1.82, 2.24) is 5.32 Å². The molecule has 0 bridgehead atoms. The topological polar surface area (TPSA) is 12.0 Å². The third-order valence-corrected chi connectivity index (χ3v) is 3.88. The fourth-order valence-electron chi connectivity index (χ4n) is 2.24. The SMILES string of the molecule is CNCC(C)C(C)Cc1ccc(C(C)(C)C)cc1. The van der Waals surface area contributed by atoms with Crippen molar-refractivity contribution in [3.05, 3.63) is 35.4 Å². The van der Waals surface area contributed by atoms with Crippen molar-refractivity contribution in [3.63, 3.8) is 0 Å². The first-order chi connectivity index (χ1) is 8.34. The Morgan fingerprint density at radius 1 is 1.00 bits per heavy atom. The van der Waals surface area contributed by atoms with E-state index in [0.29, 0.717) is 0 Å². The van der Waals surface area contributed by atoms with Crippen molar-refractivity contribution in [3.8, 4) is 0 Å². The van der Waals surface area contributed by atoms with Crippen molar-refractivity contribution >= 4 is 0 Å². The van der Waals surface area contributed by atoms with Crippen molar-refractivity contribution < 1.29 is 0 Å². The lowest BCUT2D eigenvalue weighted by molar-refractivity contribution is 0.374. The van der Waals surface area contributed by atoms with Crippen LogP contribution in [0.4, 0.5) is 0 Å². The minimum absolute atomic E-state index is 0.254. The smallest absolute Gasteiger partial charge is 0.00235 e. The summed E-state index contributed by atoms with van der Waals surface area (Å²) in [4.78, 5) is 0. The molecule has 0 amide bonds. The quantitative estimate of drug-likeness (QED) is 0.828. The highest BCUT2D eigenvalue weighted by Crippen LogP contribution is 2.23. The van der Waals surface area contributed by atoms with Gasteiger partial charge in [-0.1, -0.05) is 58.9 Å². The summed E-state index contributed by atoms with van der Waals surface area (Å²) in [5, 5.41) is 3.26. The van der Waals surface area contributed by atoms with Crippen LogP contribution in [-0.2, 0) is 11.8 Å². The first-order valence-corrected chi connectivity index (χ1v) is 7.08. The highest BCUT2D eigenvalue weighted by Gasteiger charge is 2.15. The van der Waals surface area contributed by atoms with E-state index in [4.69, 9.17) is 0 Å². The molecular formula is C17H29N. The second-order valence-corrected chi connectivity index (χ2v) is 6.66. The van der Waals surface area contributed by atoms with Crippen LogP contribution < -0.4 is 5.32 Å². The highest BCUT2D eigenvalue weighted by atomic mass is 14.8. The van der Waals surface area contributed by atoms with Gasteiger partial charge in [0.1, 0.15) is 0 Å². The van der Waals surface area contributed by atoms with Crippen molar-refractivity contribution in [1.29, 1.82) is 0 Å². The maximum Gasteiger partial charge on any atom is -0.00235 e. The van der Waals surface area contributed by atoms with Crippen LogP contribution >= 0.6 is 0 Å². The Hall–Kier alpha value is -0.820. The lowest BCUT2D eigenvalue weighted by atomic mass is 9.85. The Balaban J connectivity index is 2.64. The van der Waals surface area contributed by atoms with Crippen LogP contribution in [0.1, 0.15) is 45.7 Å². The summed E-state index contributed by atoms with van der Waals surface area (Å²) in [7, 11) is 2.03. The molecule has 0 heterocycles. The first kappa shape index (κ1) is 15.2. The van der Waals surface area contributed by atoms with Crippen molar-refractivity contribution in [2.24, 2.45) is 11.8 Å².